The van der Waals surface area contributed by atoms with Crippen molar-refractivity contribution in [2.45, 2.75) is 52.3 Å². The van der Waals surface area contributed by atoms with Crippen molar-refractivity contribution in [2.24, 2.45) is 0 Å². The van der Waals surface area contributed by atoms with Crippen LogP contribution < -0.4 is 4.90 Å². The zero-order valence-corrected chi connectivity index (χ0v) is 17.4. The van der Waals surface area contributed by atoms with Crippen LogP contribution in [0.3, 0.4) is 0 Å². The number of ether oxygens (including phenoxy) is 1. The number of hydrogen-bond donors (Lipinski definition) is 0. The molecule has 1 saturated heterocycles. The van der Waals surface area contributed by atoms with E-state index in [9.17, 15) is 4.79 Å². The molecule has 0 unspecified atom stereocenters. The highest BCUT2D eigenvalue weighted by Crippen LogP contribution is 2.25. The molecule has 0 bridgehead atoms. The number of aryl methyl sites for hydroxylation is 1. The number of carbonyl (C=O) groups excluding carboxylic acids is 1. The number of likely N-dealkylation sites (N-methyl/N-ethyl adjacent to an activating group) is 1. The fourth-order valence-corrected chi connectivity index (χ4v) is 3.74. The van der Waals surface area contributed by atoms with Crippen LogP contribution in [0.4, 0.5) is 5.82 Å². The molecule has 0 aliphatic carbocycles. The summed E-state index contributed by atoms with van der Waals surface area (Å²) in [7, 11) is 2.18. The Morgan fingerprint density at radius 3 is 2.82 bits per heavy atom. The Morgan fingerprint density at radius 1 is 1.29 bits per heavy atom. The zero-order chi connectivity index (χ0) is 20.1. The molecule has 0 saturated carbocycles. The summed E-state index contributed by atoms with van der Waals surface area (Å²) in [6, 6.07) is 12.8. The highest BCUT2D eigenvalue weighted by Gasteiger charge is 2.29. The van der Waals surface area contributed by atoms with E-state index in [-0.39, 0.29) is 12.1 Å². The van der Waals surface area contributed by atoms with Gasteiger partial charge in [0.15, 0.2) is 0 Å². The third-order valence-corrected chi connectivity index (χ3v) is 5.27. The van der Waals surface area contributed by atoms with Crippen LogP contribution >= 0.6 is 0 Å². The third kappa shape index (κ3) is 4.90. The van der Waals surface area contributed by atoms with Crippen molar-refractivity contribution in [3.8, 4) is 0 Å². The molecule has 5 nitrogen and oxygen atoms in total. The van der Waals surface area contributed by atoms with E-state index in [2.05, 4.69) is 53.0 Å². The molecule has 0 N–H and O–H groups in total. The summed E-state index contributed by atoms with van der Waals surface area (Å²) in [6.07, 6.45) is 3.72. The van der Waals surface area contributed by atoms with Crippen LogP contribution in [0.2, 0.25) is 0 Å². The molecule has 1 aliphatic rings. The molecule has 5 heteroatoms. The lowest BCUT2D eigenvalue weighted by Gasteiger charge is -2.26. The van der Waals surface area contributed by atoms with Crippen LogP contribution in [-0.2, 0) is 17.7 Å². The van der Waals surface area contributed by atoms with Crippen LogP contribution in [0.5, 0.6) is 0 Å². The summed E-state index contributed by atoms with van der Waals surface area (Å²) >= 11 is 0. The lowest BCUT2D eigenvalue weighted by molar-refractivity contribution is 0.0378. The maximum atomic E-state index is 12.5. The molecule has 28 heavy (non-hydrogen) atoms. The molecule has 1 aromatic carbocycles. The Morgan fingerprint density at radius 2 is 2.07 bits per heavy atom. The van der Waals surface area contributed by atoms with Gasteiger partial charge >= 0.3 is 5.97 Å². The predicted octanol–water partition coefficient (Wildman–Crippen LogP) is 3.92. The molecular formula is C23H31N3O2. The summed E-state index contributed by atoms with van der Waals surface area (Å²) < 4.78 is 5.40. The predicted molar refractivity (Wildman–Crippen MR) is 113 cm³/mol. The number of carbonyl (C=O) groups is 1. The van der Waals surface area contributed by atoms with Crippen LogP contribution in [-0.4, -0.2) is 48.1 Å². The second-order valence-corrected chi connectivity index (χ2v) is 7.81. The van der Waals surface area contributed by atoms with Crippen molar-refractivity contribution in [3.63, 3.8) is 0 Å². The first-order chi connectivity index (χ1) is 13.5. The maximum Gasteiger partial charge on any atom is 0.342 e. The fourth-order valence-electron chi connectivity index (χ4n) is 3.74. The van der Waals surface area contributed by atoms with Crippen molar-refractivity contribution in [1.29, 1.82) is 0 Å². The molecule has 1 atom stereocenters. The van der Waals surface area contributed by atoms with Gasteiger partial charge in [0, 0.05) is 31.9 Å². The monoisotopic (exact) mass is 381 g/mol. The largest absolute Gasteiger partial charge is 0.459 e. The van der Waals surface area contributed by atoms with E-state index in [1.165, 1.54) is 11.1 Å². The Balaban J connectivity index is 1.67. The molecule has 3 rings (SSSR count). The third-order valence-electron chi connectivity index (χ3n) is 5.27. The molecule has 2 aromatic rings. The summed E-state index contributed by atoms with van der Waals surface area (Å²) in [5.41, 5.74) is 3.27. The number of benzene rings is 1. The van der Waals surface area contributed by atoms with E-state index in [1.807, 2.05) is 13.8 Å². The maximum absolute atomic E-state index is 12.5. The van der Waals surface area contributed by atoms with Crippen molar-refractivity contribution in [1.82, 2.24) is 9.88 Å². The normalized spacial score (nSPS) is 16.8. The molecular weight excluding hydrogens is 350 g/mol. The van der Waals surface area contributed by atoms with E-state index in [0.717, 1.165) is 38.3 Å². The second-order valence-electron chi connectivity index (χ2n) is 7.81. The SMILES string of the molecule is CCc1cccc(CN(C)[C@H]2CCN(c3ncccc3C(=O)OC(C)C)C2)c1. The minimum atomic E-state index is -0.300. The van der Waals surface area contributed by atoms with Gasteiger partial charge in [0.2, 0.25) is 0 Å². The quantitative estimate of drug-likeness (QED) is 0.680. The van der Waals surface area contributed by atoms with E-state index >= 15 is 0 Å². The van der Waals surface area contributed by atoms with E-state index in [0.29, 0.717) is 11.6 Å². The minimum absolute atomic E-state index is 0.142. The van der Waals surface area contributed by atoms with Crippen LogP contribution in [0.25, 0.3) is 0 Å². The van der Waals surface area contributed by atoms with Crippen LogP contribution in [0, 0.1) is 0 Å². The van der Waals surface area contributed by atoms with Gasteiger partial charge in [-0.05, 0) is 57.0 Å². The number of aromatic nitrogens is 1. The van der Waals surface area contributed by atoms with Gasteiger partial charge < -0.3 is 9.64 Å². The van der Waals surface area contributed by atoms with Gasteiger partial charge in [-0.25, -0.2) is 9.78 Å². The lowest BCUT2D eigenvalue weighted by atomic mass is 10.1. The average molecular weight is 382 g/mol. The number of hydrogen-bond acceptors (Lipinski definition) is 5. The molecule has 1 aromatic heterocycles. The Bertz CT molecular complexity index is 806. The van der Waals surface area contributed by atoms with Crippen molar-refractivity contribution < 1.29 is 9.53 Å². The summed E-state index contributed by atoms with van der Waals surface area (Å²) in [5.74, 6) is 0.434. The standard InChI is InChI=1S/C23H31N3O2/c1-5-18-8-6-9-19(14-18)15-25(4)20-11-13-26(16-20)22-21(10-7-12-24-22)23(27)28-17(2)3/h6-10,12,14,17,20H,5,11,13,15-16H2,1-4H3/t20-/m0/s1. The Hall–Kier alpha value is -2.40. The van der Waals surface area contributed by atoms with E-state index in [1.54, 1.807) is 18.3 Å². The van der Waals surface area contributed by atoms with Crippen LogP contribution in [0.15, 0.2) is 42.6 Å². The van der Waals surface area contributed by atoms with Crippen molar-refractivity contribution in [3.05, 3.63) is 59.3 Å². The summed E-state index contributed by atoms with van der Waals surface area (Å²) in [6.45, 7) is 8.60. The van der Waals surface area contributed by atoms with Gasteiger partial charge in [0.25, 0.3) is 0 Å². The molecule has 2 heterocycles. The van der Waals surface area contributed by atoms with Gasteiger partial charge in [0.05, 0.1) is 6.10 Å². The number of nitrogens with zero attached hydrogens (tertiary/aromatic N) is 3. The second kappa shape index (κ2) is 9.20. The van der Waals surface area contributed by atoms with Gasteiger partial charge in [-0.3, -0.25) is 4.90 Å². The van der Waals surface area contributed by atoms with E-state index in [4.69, 9.17) is 4.74 Å². The van der Waals surface area contributed by atoms with Gasteiger partial charge in [0.1, 0.15) is 11.4 Å². The zero-order valence-electron chi connectivity index (χ0n) is 17.4. The van der Waals surface area contributed by atoms with Gasteiger partial charge in [-0.1, -0.05) is 31.2 Å². The molecule has 0 amide bonds. The highest BCUT2D eigenvalue weighted by atomic mass is 16.5. The number of anilines is 1. The number of pyridine rings is 1. The molecule has 1 fully saturated rings. The molecule has 0 spiro atoms. The molecule has 150 valence electrons. The Kier molecular flexibility index (Phi) is 6.68. The highest BCUT2D eigenvalue weighted by molar-refractivity contribution is 5.94. The fraction of sp³-hybridized carbons (Fsp3) is 0.478. The van der Waals surface area contributed by atoms with Gasteiger partial charge in [-0.15, -0.1) is 0 Å². The average Bonchev–Trinajstić information content (AvgIpc) is 3.18. The first-order valence-electron chi connectivity index (χ1n) is 10.2. The minimum Gasteiger partial charge on any atom is -0.459 e. The topological polar surface area (TPSA) is 45.7 Å². The van der Waals surface area contributed by atoms with Crippen molar-refractivity contribution >= 4 is 11.8 Å². The first-order valence-corrected chi connectivity index (χ1v) is 10.2. The van der Waals surface area contributed by atoms with Crippen molar-refractivity contribution in [2.75, 3.05) is 25.0 Å². The summed E-state index contributed by atoms with van der Waals surface area (Å²) in [5, 5.41) is 0. The lowest BCUT2D eigenvalue weighted by Crippen LogP contribution is -2.34. The van der Waals surface area contributed by atoms with Crippen LogP contribution in [0.1, 0.15) is 48.7 Å². The summed E-state index contributed by atoms with van der Waals surface area (Å²) in [4.78, 5) is 21.6. The Labute approximate surface area is 168 Å². The first kappa shape index (κ1) is 20.3. The number of esters is 1. The van der Waals surface area contributed by atoms with Gasteiger partial charge in [-0.2, -0.15) is 0 Å². The van der Waals surface area contributed by atoms with E-state index < -0.39 is 0 Å². The smallest absolute Gasteiger partial charge is 0.342 e. The molecule has 0 radical (unpaired) electrons. The molecule has 1 aliphatic heterocycles. The number of rotatable bonds is 7.